The lowest BCUT2D eigenvalue weighted by Gasteiger charge is -2.37. The predicted octanol–water partition coefficient (Wildman–Crippen LogP) is 0.478. The van der Waals surface area contributed by atoms with Gasteiger partial charge in [-0.3, -0.25) is 0 Å². The highest BCUT2D eigenvalue weighted by atomic mass is 15.1. The Morgan fingerprint density at radius 3 is 2.36 bits per heavy atom. The van der Waals surface area contributed by atoms with E-state index in [9.17, 15) is 0 Å². The van der Waals surface area contributed by atoms with E-state index in [-0.39, 0.29) is 0 Å². The SMILES string of the molecule is CNCC(C1CCN(C)CC1)N(C)C. The summed E-state index contributed by atoms with van der Waals surface area (Å²) in [5, 5.41) is 3.30. The average molecular weight is 199 g/mol. The van der Waals surface area contributed by atoms with Gasteiger partial charge in [-0.2, -0.15) is 0 Å². The molecule has 1 heterocycles. The Morgan fingerprint density at radius 1 is 1.36 bits per heavy atom. The molecule has 1 atom stereocenters. The lowest BCUT2D eigenvalue weighted by atomic mass is 9.89. The van der Waals surface area contributed by atoms with Crippen LogP contribution >= 0.6 is 0 Å². The van der Waals surface area contributed by atoms with Crippen LogP contribution < -0.4 is 5.32 Å². The molecule has 3 heteroatoms. The van der Waals surface area contributed by atoms with Crippen LogP contribution in [0.1, 0.15) is 12.8 Å². The third kappa shape index (κ3) is 3.23. The van der Waals surface area contributed by atoms with Gasteiger partial charge in [0, 0.05) is 12.6 Å². The minimum atomic E-state index is 0.702. The van der Waals surface area contributed by atoms with Crippen LogP contribution in [0, 0.1) is 5.92 Å². The number of likely N-dealkylation sites (tertiary alicyclic amines) is 1. The summed E-state index contributed by atoms with van der Waals surface area (Å²) >= 11 is 0. The van der Waals surface area contributed by atoms with Crippen LogP contribution in [-0.4, -0.2) is 63.7 Å². The number of likely N-dealkylation sites (N-methyl/N-ethyl adjacent to an activating group) is 2. The van der Waals surface area contributed by atoms with Gasteiger partial charge >= 0.3 is 0 Å². The van der Waals surface area contributed by atoms with Crippen LogP contribution in [0.3, 0.4) is 0 Å². The fraction of sp³-hybridized carbons (Fsp3) is 1.00. The maximum absolute atomic E-state index is 3.30. The van der Waals surface area contributed by atoms with Gasteiger partial charge < -0.3 is 15.1 Å². The van der Waals surface area contributed by atoms with Gasteiger partial charge in [0.1, 0.15) is 0 Å². The second-order valence-corrected chi connectivity index (χ2v) is 4.73. The molecule has 0 saturated carbocycles. The maximum atomic E-state index is 3.30. The summed E-state index contributed by atoms with van der Waals surface area (Å²) in [7, 11) is 8.66. The van der Waals surface area contributed by atoms with Crippen molar-refractivity contribution < 1.29 is 0 Å². The van der Waals surface area contributed by atoms with Gasteiger partial charge in [-0.1, -0.05) is 0 Å². The van der Waals surface area contributed by atoms with Crippen LogP contribution in [-0.2, 0) is 0 Å². The van der Waals surface area contributed by atoms with Crippen molar-refractivity contribution in [2.24, 2.45) is 5.92 Å². The highest BCUT2D eigenvalue weighted by Crippen LogP contribution is 2.21. The number of piperidine rings is 1. The van der Waals surface area contributed by atoms with E-state index in [0.717, 1.165) is 12.5 Å². The molecule has 1 rings (SSSR count). The van der Waals surface area contributed by atoms with E-state index in [1.165, 1.54) is 25.9 Å². The quantitative estimate of drug-likeness (QED) is 0.710. The molecule has 1 saturated heterocycles. The predicted molar refractivity (Wildman–Crippen MR) is 61.6 cm³/mol. The average Bonchev–Trinajstić information content (AvgIpc) is 2.15. The highest BCUT2D eigenvalue weighted by molar-refractivity contribution is 4.82. The molecule has 0 aliphatic carbocycles. The Labute approximate surface area is 88.5 Å². The van der Waals surface area contributed by atoms with Crippen molar-refractivity contribution >= 4 is 0 Å². The molecule has 3 nitrogen and oxygen atoms in total. The zero-order valence-electron chi connectivity index (χ0n) is 10.1. The van der Waals surface area contributed by atoms with Crippen molar-refractivity contribution in [3.05, 3.63) is 0 Å². The van der Waals surface area contributed by atoms with Crippen molar-refractivity contribution in [2.75, 3.05) is 47.8 Å². The number of rotatable bonds is 4. The van der Waals surface area contributed by atoms with Gasteiger partial charge in [-0.15, -0.1) is 0 Å². The molecule has 1 unspecified atom stereocenters. The van der Waals surface area contributed by atoms with Crippen molar-refractivity contribution in [3.8, 4) is 0 Å². The molecule has 14 heavy (non-hydrogen) atoms. The van der Waals surface area contributed by atoms with Crippen molar-refractivity contribution in [1.29, 1.82) is 0 Å². The van der Waals surface area contributed by atoms with Crippen molar-refractivity contribution in [1.82, 2.24) is 15.1 Å². The van der Waals surface area contributed by atoms with Gasteiger partial charge in [-0.05, 0) is 60.0 Å². The Hall–Kier alpha value is -0.120. The molecule has 1 aliphatic rings. The van der Waals surface area contributed by atoms with Crippen LogP contribution in [0.25, 0.3) is 0 Å². The summed E-state index contributed by atoms with van der Waals surface area (Å²) < 4.78 is 0. The summed E-state index contributed by atoms with van der Waals surface area (Å²) in [6.45, 7) is 3.64. The molecule has 1 fully saturated rings. The third-order valence-electron chi connectivity index (χ3n) is 3.38. The Bertz CT molecular complexity index is 151. The first-order valence-corrected chi connectivity index (χ1v) is 5.64. The first-order valence-electron chi connectivity index (χ1n) is 5.64. The second-order valence-electron chi connectivity index (χ2n) is 4.73. The van der Waals surface area contributed by atoms with E-state index < -0.39 is 0 Å². The first-order chi connectivity index (χ1) is 6.65. The van der Waals surface area contributed by atoms with Crippen LogP contribution in [0.5, 0.6) is 0 Å². The Morgan fingerprint density at radius 2 is 1.93 bits per heavy atom. The van der Waals surface area contributed by atoms with Crippen LogP contribution in [0.2, 0.25) is 0 Å². The minimum absolute atomic E-state index is 0.702. The van der Waals surface area contributed by atoms with Crippen molar-refractivity contribution in [2.45, 2.75) is 18.9 Å². The molecule has 0 amide bonds. The van der Waals surface area contributed by atoms with Crippen molar-refractivity contribution in [3.63, 3.8) is 0 Å². The van der Waals surface area contributed by atoms with Crippen LogP contribution in [0.4, 0.5) is 0 Å². The molecule has 84 valence electrons. The second kappa shape index (κ2) is 5.69. The molecule has 1 N–H and O–H groups in total. The number of nitrogens with one attached hydrogen (secondary N) is 1. The molecular weight excluding hydrogens is 174 g/mol. The number of nitrogens with zero attached hydrogens (tertiary/aromatic N) is 2. The van der Waals surface area contributed by atoms with Gasteiger partial charge in [0.2, 0.25) is 0 Å². The summed E-state index contributed by atoms with van der Waals surface area (Å²) in [6, 6.07) is 0.702. The molecule has 1 aliphatic heterocycles. The fourth-order valence-corrected chi connectivity index (χ4v) is 2.39. The minimum Gasteiger partial charge on any atom is -0.318 e. The third-order valence-corrected chi connectivity index (χ3v) is 3.38. The molecule has 0 spiro atoms. The zero-order valence-corrected chi connectivity index (χ0v) is 10.1. The number of hydrogen-bond donors (Lipinski definition) is 1. The molecule has 0 aromatic carbocycles. The maximum Gasteiger partial charge on any atom is 0.0243 e. The van der Waals surface area contributed by atoms with Gasteiger partial charge in [0.15, 0.2) is 0 Å². The Kier molecular flexibility index (Phi) is 4.85. The lowest BCUT2D eigenvalue weighted by molar-refractivity contribution is 0.131. The molecule has 0 bridgehead atoms. The molecule has 0 radical (unpaired) electrons. The normalized spacial score (nSPS) is 22.9. The van der Waals surface area contributed by atoms with E-state index >= 15 is 0 Å². The van der Waals surface area contributed by atoms with E-state index in [0.29, 0.717) is 6.04 Å². The summed E-state index contributed by atoms with van der Waals surface area (Å²) in [5.41, 5.74) is 0. The van der Waals surface area contributed by atoms with E-state index in [2.05, 4.69) is 36.3 Å². The lowest BCUT2D eigenvalue weighted by Crippen LogP contribution is -2.46. The topological polar surface area (TPSA) is 18.5 Å². The monoisotopic (exact) mass is 199 g/mol. The zero-order chi connectivity index (χ0) is 10.6. The smallest absolute Gasteiger partial charge is 0.0243 e. The van der Waals surface area contributed by atoms with E-state index in [1.54, 1.807) is 0 Å². The highest BCUT2D eigenvalue weighted by Gasteiger charge is 2.25. The molecule has 0 aromatic rings. The summed E-state index contributed by atoms with van der Waals surface area (Å²) in [4.78, 5) is 4.80. The van der Waals surface area contributed by atoms with E-state index in [1.807, 2.05) is 7.05 Å². The van der Waals surface area contributed by atoms with Gasteiger partial charge in [-0.25, -0.2) is 0 Å². The Balaban J connectivity index is 2.43. The fourth-order valence-electron chi connectivity index (χ4n) is 2.39. The molecular formula is C11H25N3. The summed E-state index contributed by atoms with van der Waals surface area (Å²) in [6.07, 6.45) is 2.70. The molecule has 0 aromatic heterocycles. The standard InChI is InChI=1S/C11H25N3/c1-12-9-11(13(2)3)10-5-7-14(4)8-6-10/h10-12H,5-9H2,1-4H3. The summed E-state index contributed by atoms with van der Waals surface area (Å²) in [5.74, 6) is 0.869. The number of hydrogen-bond acceptors (Lipinski definition) is 3. The van der Waals surface area contributed by atoms with Gasteiger partial charge in [0.05, 0.1) is 0 Å². The largest absolute Gasteiger partial charge is 0.318 e. The van der Waals surface area contributed by atoms with Gasteiger partial charge in [0.25, 0.3) is 0 Å². The van der Waals surface area contributed by atoms with E-state index in [4.69, 9.17) is 0 Å². The first kappa shape index (κ1) is 12.0. The van der Waals surface area contributed by atoms with Crippen LogP contribution in [0.15, 0.2) is 0 Å².